The predicted octanol–water partition coefficient (Wildman–Crippen LogP) is 7.75. The van der Waals surface area contributed by atoms with Gasteiger partial charge in [-0.05, 0) is 73.6 Å². The molecule has 1 fully saturated rings. The van der Waals surface area contributed by atoms with Gasteiger partial charge in [0.2, 0.25) is 11.8 Å². The van der Waals surface area contributed by atoms with E-state index in [0.717, 1.165) is 35.1 Å². The third-order valence-electron chi connectivity index (χ3n) is 11.3. The number of amides is 6. The second-order valence-corrected chi connectivity index (χ2v) is 18.0. The van der Waals surface area contributed by atoms with E-state index in [1.165, 1.54) is 4.90 Å². The van der Waals surface area contributed by atoms with Gasteiger partial charge in [-0.1, -0.05) is 135 Å². The number of hydrogen-bond acceptors (Lipinski definition) is 9. The first kappa shape index (κ1) is 50.9. The normalized spacial score (nSPS) is 14.4. The number of carbonyl (C=O) groups excluding carboxylic acids is 5. The Morgan fingerprint density at radius 1 is 0.788 bits per heavy atom. The quantitative estimate of drug-likeness (QED) is 0.0484. The highest BCUT2D eigenvalue weighted by Crippen LogP contribution is 2.32. The SMILES string of the molecule is CCCCCC(=O)NC(Cc1ccccc1-c1ccccc1)(C(=O)NC(Cc1ccccc1)C(=O)NC(=O)N1CCOCC1)C(CNC(=O)OC(C)(C)C)COC(=S)CCc1ccccc1. The summed E-state index contributed by atoms with van der Waals surface area (Å²) in [6.45, 7) is 8.08. The van der Waals surface area contributed by atoms with Gasteiger partial charge in [0, 0.05) is 51.2 Å². The summed E-state index contributed by atoms with van der Waals surface area (Å²) in [7, 11) is 0. The first-order valence-electron chi connectivity index (χ1n) is 22.9. The number of urea groups is 1. The fourth-order valence-electron chi connectivity index (χ4n) is 7.77. The van der Waals surface area contributed by atoms with E-state index < -0.39 is 52.9 Å². The second kappa shape index (κ2) is 25.5. The van der Waals surface area contributed by atoms with E-state index in [9.17, 15) is 19.2 Å². The maximum Gasteiger partial charge on any atom is 0.407 e. The molecule has 4 aromatic rings. The molecule has 1 aliphatic heterocycles. The molecule has 4 N–H and O–H groups in total. The molecule has 66 heavy (non-hydrogen) atoms. The van der Waals surface area contributed by atoms with Crippen LogP contribution in [-0.4, -0.2) is 96.4 Å². The van der Waals surface area contributed by atoms with Gasteiger partial charge < -0.3 is 35.1 Å². The third-order valence-corrected chi connectivity index (χ3v) is 11.6. The molecule has 6 amide bonds. The zero-order chi connectivity index (χ0) is 47.4. The number of unbranched alkanes of at least 4 members (excludes halogenated alkanes) is 2. The van der Waals surface area contributed by atoms with Crippen LogP contribution in [0.2, 0.25) is 0 Å². The molecule has 0 saturated carbocycles. The maximum atomic E-state index is 15.9. The summed E-state index contributed by atoms with van der Waals surface area (Å²) in [5.74, 6) is -2.89. The van der Waals surface area contributed by atoms with E-state index in [0.29, 0.717) is 51.1 Å². The first-order valence-corrected chi connectivity index (χ1v) is 23.3. The first-order chi connectivity index (χ1) is 31.8. The zero-order valence-electron chi connectivity index (χ0n) is 38.6. The Kier molecular flexibility index (Phi) is 19.7. The van der Waals surface area contributed by atoms with Crippen molar-refractivity contribution in [2.75, 3.05) is 39.5 Å². The van der Waals surface area contributed by atoms with E-state index >= 15 is 4.79 Å². The Morgan fingerprint density at radius 2 is 1.41 bits per heavy atom. The van der Waals surface area contributed by atoms with Crippen molar-refractivity contribution in [1.29, 1.82) is 0 Å². The van der Waals surface area contributed by atoms with Crippen molar-refractivity contribution < 1.29 is 38.2 Å². The molecule has 4 aromatic carbocycles. The summed E-state index contributed by atoms with van der Waals surface area (Å²) in [5, 5.41) is 11.9. The number of hydrogen-bond donors (Lipinski definition) is 4. The highest BCUT2D eigenvalue weighted by Gasteiger charge is 2.49. The van der Waals surface area contributed by atoms with Gasteiger partial charge in [-0.3, -0.25) is 19.7 Å². The molecule has 14 heteroatoms. The number of imide groups is 1. The number of benzene rings is 4. The van der Waals surface area contributed by atoms with Crippen molar-refractivity contribution in [2.24, 2.45) is 5.92 Å². The van der Waals surface area contributed by atoms with Crippen LogP contribution in [0.5, 0.6) is 0 Å². The molecule has 0 spiro atoms. The lowest BCUT2D eigenvalue weighted by atomic mass is 9.76. The van der Waals surface area contributed by atoms with Gasteiger partial charge >= 0.3 is 12.1 Å². The fraction of sp³-hybridized carbons (Fsp3) is 0.423. The Hall–Kier alpha value is -6.12. The van der Waals surface area contributed by atoms with E-state index in [1.807, 2.05) is 122 Å². The summed E-state index contributed by atoms with van der Waals surface area (Å²) in [5.41, 5.74) is 1.41. The topological polar surface area (TPSA) is 164 Å². The molecule has 13 nitrogen and oxygen atoms in total. The standard InChI is InChI=1S/C52H65N5O8S/c1-5-6-10-27-45(58)56-52(35-41-25-17-18-26-43(41)40-23-15-9-16-24-40,42(36-53-50(62)65-51(2,3)4)37-64-46(66)29-28-38-19-11-7-12-20-38)48(60)54-44(34-39-21-13-8-14-22-39)47(59)55-49(61)57-30-32-63-33-31-57/h7-9,11-26,42,44H,5-6,10,27-37H2,1-4H3,(H,53,62)(H,54,60)(H,56,58)(H,55,59,61). The molecule has 5 rings (SSSR count). The Morgan fingerprint density at radius 3 is 2.06 bits per heavy atom. The number of aryl methyl sites for hydroxylation is 1. The number of morpholine rings is 1. The van der Waals surface area contributed by atoms with Crippen LogP contribution in [0.25, 0.3) is 11.1 Å². The van der Waals surface area contributed by atoms with E-state index in [-0.39, 0.29) is 37.5 Å². The van der Waals surface area contributed by atoms with Crippen LogP contribution in [0.3, 0.4) is 0 Å². The van der Waals surface area contributed by atoms with Crippen LogP contribution >= 0.6 is 12.2 Å². The molecule has 1 heterocycles. The van der Waals surface area contributed by atoms with Crippen LogP contribution in [0.15, 0.2) is 115 Å². The van der Waals surface area contributed by atoms with Crippen LogP contribution in [0, 0.1) is 5.92 Å². The summed E-state index contributed by atoms with van der Waals surface area (Å²) in [6.07, 6.45) is 2.47. The maximum absolute atomic E-state index is 15.9. The zero-order valence-corrected chi connectivity index (χ0v) is 39.5. The van der Waals surface area contributed by atoms with Crippen molar-refractivity contribution in [2.45, 2.75) is 96.2 Å². The minimum absolute atomic E-state index is 0.0107. The van der Waals surface area contributed by atoms with Gasteiger partial charge in [0.05, 0.1) is 19.8 Å². The van der Waals surface area contributed by atoms with Gasteiger partial charge in [-0.25, -0.2) is 9.59 Å². The van der Waals surface area contributed by atoms with E-state index in [4.69, 9.17) is 26.4 Å². The highest BCUT2D eigenvalue weighted by atomic mass is 32.1. The fourth-order valence-corrected chi connectivity index (χ4v) is 7.94. The molecule has 0 radical (unpaired) electrons. The van der Waals surface area contributed by atoms with Crippen molar-refractivity contribution in [1.82, 2.24) is 26.2 Å². The molecule has 0 aliphatic carbocycles. The monoisotopic (exact) mass is 919 g/mol. The van der Waals surface area contributed by atoms with E-state index in [1.54, 1.807) is 20.8 Å². The molecule has 0 aromatic heterocycles. The van der Waals surface area contributed by atoms with Crippen LogP contribution in [-0.2, 0) is 47.9 Å². The van der Waals surface area contributed by atoms with Crippen LogP contribution in [0.1, 0.15) is 76.5 Å². The number of ether oxygens (including phenoxy) is 3. The minimum Gasteiger partial charge on any atom is -0.487 e. The number of nitrogens with one attached hydrogen (secondary N) is 4. The average Bonchev–Trinajstić information content (AvgIpc) is 3.31. The van der Waals surface area contributed by atoms with Crippen LogP contribution in [0.4, 0.5) is 9.59 Å². The molecule has 1 aliphatic rings. The van der Waals surface area contributed by atoms with Crippen molar-refractivity contribution in [3.63, 3.8) is 0 Å². The molecular formula is C52H65N5O8S. The van der Waals surface area contributed by atoms with Crippen molar-refractivity contribution in [3.05, 3.63) is 132 Å². The summed E-state index contributed by atoms with van der Waals surface area (Å²) in [4.78, 5) is 73.1. The molecule has 352 valence electrons. The number of alkyl carbamates (subject to hydrolysis) is 1. The highest BCUT2D eigenvalue weighted by molar-refractivity contribution is 7.80. The lowest BCUT2D eigenvalue weighted by Crippen LogP contribution is -2.69. The lowest BCUT2D eigenvalue weighted by molar-refractivity contribution is -0.139. The Labute approximate surface area is 394 Å². The Balaban J connectivity index is 1.64. The van der Waals surface area contributed by atoms with Crippen LogP contribution < -0.4 is 21.3 Å². The summed E-state index contributed by atoms with van der Waals surface area (Å²) in [6, 6.07) is 34.4. The second-order valence-electron chi connectivity index (χ2n) is 17.5. The smallest absolute Gasteiger partial charge is 0.407 e. The number of rotatable bonds is 21. The Bertz CT molecular complexity index is 2200. The number of carbonyl (C=O) groups is 5. The van der Waals surface area contributed by atoms with Gasteiger partial charge in [0.25, 0.3) is 5.91 Å². The van der Waals surface area contributed by atoms with Crippen molar-refractivity contribution in [3.8, 4) is 11.1 Å². The molecule has 3 atom stereocenters. The molecule has 0 bridgehead atoms. The number of nitrogens with zero attached hydrogens (tertiary/aromatic N) is 1. The summed E-state index contributed by atoms with van der Waals surface area (Å²) >= 11 is 5.79. The van der Waals surface area contributed by atoms with Gasteiger partial charge in [0.15, 0.2) is 5.05 Å². The average molecular weight is 920 g/mol. The van der Waals surface area contributed by atoms with Gasteiger partial charge in [-0.15, -0.1) is 0 Å². The van der Waals surface area contributed by atoms with Gasteiger partial charge in [0.1, 0.15) is 17.2 Å². The predicted molar refractivity (Wildman–Crippen MR) is 260 cm³/mol. The minimum atomic E-state index is -1.92. The largest absolute Gasteiger partial charge is 0.487 e. The summed E-state index contributed by atoms with van der Waals surface area (Å²) < 4.78 is 17.5. The lowest BCUT2D eigenvalue weighted by Gasteiger charge is -2.41. The third kappa shape index (κ3) is 16.1. The number of thiocarbonyl (C=S) groups is 1. The van der Waals surface area contributed by atoms with E-state index in [2.05, 4.69) is 21.3 Å². The van der Waals surface area contributed by atoms with Gasteiger partial charge in [-0.2, -0.15) is 0 Å². The molecule has 1 saturated heterocycles. The van der Waals surface area contributed by atoms with Crippen molar-refractivity contribution >= 4 is 47.1 Å². The molecular weight excluding hydrogens is 855 g/mol. The molecule has 3 unspecified atom stereocenters.